The van der Waals surface area contributed by atoms with E-state index in [2.05, 4.69) is 71.4 Å². The highest BCUT2D eigenvalue weighted by Gasteiger charge is 2.41. The summed E-state index contributed by atoms with van der Waals surface area (Å²) in [5.74, 6) is 0. The van der Waals surface area contributed by atoms with Crippen molar-refractivity contribution in [1.82, 2.24) is 4.90 Å². The molecule has 1 saturated carbocycles. The highest BCUT2D eigenvalue weighted by atomic mass is 35.5. The van der Waals surface area contributed by atoms with Crippen LogP contribution in [0.1, 0.15) is 37.7 Å². The Hall–Kier alpha value is -1.51. The van der Waals surface area contributed by atoms with Gasteiger partial charge in [-0.15, -0.1) is 0 Å². The van der Waals surface area contributed by atoms with Crippen LogP contribution in [0, 0.1) is 0 Å². The lowest BCUT2D eigenvalue weighted by molar-refractivity contribution is 0.114. The molecule has 1 atom stereocenters. The van der Waals surface area contributed by atoms with Crippen molar-refractivity contribution in [2.45, 2.75) is 43.6 Å². The van der Waals surface area contributed by atoms with Gasteiger partial charge in [0, 0.05) is 42.3 Å². The van der Waals surface area contributed by atoms with Gasteiger partial charge in [-0.1, -0.05) is 48.4 Å². The maximum absolute atomic E-state index is 6.11. The van der Waals surface area contributed by atoms with E-state index in [9.17, 15) is 0 Å². The number of likely N-dealkylation sites (tertiary alicyclic amines) is 1. The smallest absolute Gasteiger partial charge is 0.0414 e. The van der Waals surface area contributed by atoms with Crippen LogP contribution in [-0.4, -0.2) is 37.6 Å². The second-order valence-electron chi connectivity index (χ2n) is 8.12. The standard InChI is InChI=1S/C23H29ClN2/c1-25(21-7-3-2-4-8-21)22-9-5-16-26(17-22)18-23(14-6-15-23)19-10-12-20(24)13-11-19/h2-4,7-8,10-13,22H,5-6,9,14-18H2,1H3. The molecule has 0 bridgehead atoms. The summed E-state index contributed by atoms with van der Waals surface area (Å²) in [4.78, 5) is 5.18. The molecule has 4 rings (SSSR count). The molecule has 2 nitrogen and oxygen atoms in total. The van der Waals surface area contributed by atoms with E-state index in [0.717, 1.165) is 5.02 Å². The quantitative estimate of drug-likeness (QED) is 0.700. The monoisotopic (exact) mass is 368 g/mol. The molecule has 2 aromatic rings. The summed E-state index contributed by atoms with van der Waals surface area (Å²) in [7, 11) is 2.25. The maximum Gasteiger partial charge on any atom is 0.0414 e. The number of para-hydroxylation sites is 1. The van der Waals surface area contributed by atoms with E-state index in [1.165, 1.54) is 63.0 Å². The van der Waals surface area contributed by atoms with Crippen LogP contribution in [0.15, 0.2) is 54.6 Å². The van der Waals surface area contributed by atoms with Crippen molar-refractivity contribution in [3.63, 3.8) is 0 Å². The predicted octanol–water partition coefficient (Wildman–Crippen LogP) is 5.36. The van der Waals surface area contributed by atoms with Crippen LogP contribution in [0.2, 0.25) is 5.02 Å². The molecule has 0 N–H and O–H groups in total. The Morgan fingerprint density at radius 2 is 1.77 bits per heavy atom. The van der Waals surface area contributed by atoms with Crippen molar-refractivity contribution in [2.75, 3.05) is 31.6 Å². The summed E-state index contributed by atoms with van der Waals surface area (Å²) in [6, 6.07) is 20.0. The van der Waals surface area contributed by atoms with Gasteiger partial charge in [0.05, 0.1) is 0 Å². The molecule has 1 heterocycles. The van der Waals surface area contributed by atoms with E-state index in [0.29, 0.717) is 11.5 Å². The third kappa shape index (κ3) is 3.63. The Labute approximate surface area is 162 Å². The fraction of sp³-hybridized carbons (Fsp3) is 0.478. The molecule has 1 saturated heterocycles. The normalized spacial score (nSPS) is 22.6. The lowest BCUT2D eigenvalue weighted by Crippen LogP contribution is -2.52. The van der Waals surface area contributed by atoms with E-state index in [1.54, 1.807) is 0 Å². The lowest BCUT2D eigenvalue weighted by atomic mass is 9.64. The number of piperidine rings is 1. The van der Waals surface area contributed by atoms with Gasteiger partial charge < -0.3 is 9.80 Å². The van der Waals surface area contributed by atoms with Gasteiger partial charge in [-0.3, -0.25) is 0 Å². The third-order valence-electron chi connectivity index (χ3n) is 6.49. The molecule has 1 unspecified atom stereocenters. The number of nitrogens with zero attached hydrogens (tertiary/aromatic N) is 2. The number of benzene rings is 2. The van der Waals surface area contributed by atoms with Crippen molar-refractivity contribution < 1.29 is 0 Å². The van der Waals surface area contributed by atoms with Gasteiger partial charge in [0.25, 0.3) is 0 Å². The molecule has 0 aromatic heterocycles. The number of hydrogen-bond donors (Lipinski definition) is 0. The lowest BCUT2D eigenvalue weighted by Gasteiger charge is -2.48. The summed E-state index contributed by atoms with van der Waals surface area (Å²) in [6.07, 6.45) is 6.55. The Bertz CT molecular complexity index is 709. The minimum Gasteiger partial charge on any atom is -0.370 e. The number of halogens is 1. The molecule has 2 fully saturated rings. The van der Waals surface area contributed by atoms with Gasteiger partial charge in [0.15, 0.2) is 0 Å². The largest absolute Gasteiger partial charge is 0.370 e. The fourth-order valence-corrected chi connectivity index (χ4v) is 4.86. The van der Waals surface area contributed by atoms with Crippen LogP contribution in [0.5, 0.6) is 0 Å². The number of rotatable bonds is 5. The first-order valence-corrected chi connectivity index (χ1v) is 10.3. The zero-order valence-corrected chi connectivity index (χ0v) is 16.5. The second kappa shape index (κ2) is 7.62. The Morgan fingerprint density at radius 1 is 1.04 bits per heavy atom. The molecular formula is C23H29ClN2. The van der Waals surface area contributed by atoms with Crippen LogP contribution >= 0.6 is 11.6 Å². The predicted molar refractivity (Wildman–Crippen MR) is 111 cm³/mol. The van der Waals surface area contributed by atoms with Gasteiger partial charge in [-0.25, -0.2) is 0 Å². The Balaban J connectivity index is 1.45. The van der Waals surface area contributed by atoms with E-state index in [-0.39, 0.29) is 0 Å². The van der Waals surface area contributed by atoms with Gasteiger partial charge >= 0.3 is 0 Å². The molecule has 3 heteroatoms. The summed E-state index contributed by atoms with van der Waals surface area (Å²) in [5, 5.41) is 0.839. The van der Waals surface area contributed by atoms with Crippen LogP contribution in [0.3, 0.4) is 0 Å². The summed E-state index contributed by atoms with van der Waals surface area (Å²) in [5.41, 5.74) is 3.15. The highest BCUT2D eigenvalue weighted by molar-refractivity contribution is 6.30. The molecule has 1 aliphatic heterocycles. The van der Waals surface area contributed by atoms with Crippen molar-refractivity contribution in [2.24, 2.45) is 0 Å². The molecule has 0 amide bonds. The van der Waals surface area contributed by atoms with Crippen molar-refractivity contribution in [3.8, 4) is 0 Å². The average Bonchev–Trinajstić information content (AvgIpc) is 2.66. The molecular weight excluding hydrogens is 340 g/mol. The molecule has 2 aliphatic rings. The van der Waals surface area contributed by atoms with E-state index < -0.39 is 0 Å². The first-order chi connectivity index (χ1) is 12.7. The molecule has 0 radical (unpaired) electrons. The van der Waals surface area contributed by atoms with E-state index in [1.807, 2.05) is 0 Å². The number of likely N-dealkylation sites (N-methyl/N-ethyl adjacent to an activating group) is 1. The minimum atomic E-state index is 0.345. The third-order valence-corrected chi connectivity index (χ3v) is 6.74. The average molecular weight is 369 g/mol. The van der Waals surface area contributed by atoms with Crippen LogP contribution in [-0.2, 0) is 5.41 Å². The topological polar surface area (TPSA) is 6.48 Å². The second-order valence-corrected chi connectivity index (χ2v) is 8.55. The van der Waals surface area contributed by atoms with E-state index >= 15 is 0 Å². The van der Waals surface area contributed by atoms with E-state index in [4.69, 9.17) is 11.6 Å². The maximum atomic E-state index is 6.11. The first kappa shape index (κ1) is 17.9. The zero-order valence-electron chi connectivity index (χ0n) is 15.7. The Kier molecular flexibility index (Phi) is 5.24. The SMILES string of the molecule is CN(c1ccccc1)C1CCCN(CC2(c3ccc(Cl)cc3)CCC2)C1. The molecule has 0 spiro atoms. The summed E-state index contributed by atoms with van der Waals surface area (Å²) in [6.45, 7) is 3.59. The number of anilines is 1. The van der Waals surface area contributed by atoms with Crippen molar-refractivity contribution in [3.05, 3.63) is 65.2 Å². The van der Waals surface area contributed by atoms with Crippen molar-refractivity contribution >= 4 is 17.3 Å². The Morgan fingerprint density at radius 3 is 2.42 bits per heavy atom. The number of hydrogen-bond acceptors (Lipinski definition) is 2. The van der Waals surface area contributed by atoms with Gasteiger partial charge in [-0.05, 0) is 62.1 Å². The van der Waals surface area contributed by atoms with Crippen LogP contribution < -0.4 is 4.90 Å². The molecule has 1 aliphatic carbocycles. The first-order valence-electron chi connectivity index (χ1n) is 9.93. The summed E-state index contributed by atoms with van der Waals surface area (Å²) >= 11 is 6.11. The van der Waals surface area contributed by atoms with Crippen molar-refractivity contribution in [1.29, 1.82) is 0 Å². The van der Waals surface area contributed by atoms with Gasteiger partial charge in [0.1, 0.15) is 0 Å². The molecule has 26 heavy (non-hydrogen) atoms. The molecule has 2 aromatic carbocycles. The zero-order chi connectivity index (χ0) is 18.0. The minimum absolute atomic E-state index is 0.345. The fourth-order valence-electron chi connectivity index (χ4n) is 4.74. The molecule has 138 valence electrons. The summed E-state index contributed by atoms with van der Waals surface area (Å²) < 4.78 is 0. The van der Waals surface area contributed by atoms with Gasteiger partial charge in [0.2, 0.25) is 0 Å². The van der Waals surface area contributed by atoms with Crippen LogP contribution in [0.25, 0.3) is 0 Å². The van der Waals surface area contributed by atoms with Gasteiger partial charge in [-0.2, -0.15) is 0 Å². The highest BCUT2D eigenvalue weighted by Crippen LogP contribution is 2.45. The van der Waals surface area contributed by atoms with Crippen LogP contribution in [0.4, 0.5) is 5.69 Å².